The van der Waals surface area contributed by atoms with E-state index in [0.29, 0.717) is 17.9 Å². The third-order valence-corrected chi connectivity index (χ3v) is 6.33. The maximum absolute atomic E-state index is 12.8. The molecular weight excluding hydrogens is 402 g/mol. The van der Waals surface area contributed by atoms with Crippen molar-refractivity contribution < 1.29 is 28.7 Å². The first-order chi connectivity index (χ1) is 14.3. The van der Waals surface area contributed by atoms with Crippen LogP contribution in [-0.4, -0.2) is 51.1 Å². The number of hydrogen-bond acceptors (Lipinski definition) is 5. The van der Waals surface area contributed by atoms with Crippen molar-refractivity contribution in [3.63, 3.8) is 0 Å². The van der Waals surface area contributed by atoms with E-state index in [-0.39, 0.29) is 30.1 Å². The molecule has 2 amide bonds. The van der Waals surface area contributed by atoms with Gasteiger partial charge in [0.25, 0.3) is 0 Å². The average molecular weight is 429 g/mol. The van der Waals surface area contributed by atoms with Crippen LogP contribution in [0.3, 0.4) is 0 Å². The fourth-order valence-electron chi connectivity index (χ4n) is 3.97. The van der Waals surface area contributed by atoms with E-state index < -0.39 is 16.6 Å². The summed E-state index contributed by atoms with van der Waals surface area (Å²) >= 11 is 1.04. The number of benzene rings is 2. The van der Waals surface area contributed by atoms with Gasteiger partial charge in [-0.2, -0.15) is 9.28 Å². The van der Waals surface area contributed by atoms with Gasteiger partial charge in [-0.25, -0.2) is 4.79 Å². The van der Waals surface area contributed by atoms with Crippen LogP contribution in [-0.2, 0) is 9.59 Å². The van der Waals surface area contributed by atoms with Gasteiger partial charge in [-0.1, -0.05) is 54.2 Å². The molecule has 30 heavy (non-hydrogen) atoms. The van der Waals surface area contributed by atoms with Gasteiger partial charge >= 0.3 is 12.0 Å². The van der Waals surface area contributed by atoms with Gasteiger partial charge in [0.15, 0.2) is 11.2 Å². The Balaban J connectivity index is 1.69. The average Bonchev–Trinajstić information content (AvgIpc) is 3.06. The SMILES string of the molecule is CC(=O)SCCC(=O)[N@@+]1(C(=O)O)C[C@H](Oc2ccc(-c3ccccc3)cc2)C[C@H]1C. The molecule has 0 radical (unpaired) electrons. The van der Waals surface area contributed by atoms with E-state index in [2.05, 4.69) is 0 Å². The van der Waals surface area contributed by atoms with Gasteiger partial charge in [0.05, 0.1) is 6.42 Å². The first-order valence-electron chi connectivity index (χ1n) is 9.93. The molecule has 1 saturated heterocycles. The van der Waals surface area contributed by atoms with E-state index in [9.17, 15) is 19.5 Å². The molecule has 1 aliphatic rings. The molecule has 2 aromatic carbocycles. The van der Waals surface area contributed by atoms with Gasteiger partial charge in [0.2, 0.25) is 0 Å². The molecule has 0 aromatic heterocycles. The molecule has 1 heterocycles. The molecule has 0 unspecified atom stereocenters. The van der Waals surface area contributed by atoms with Crippen molar-refractivity contribution in [2.24, 2.45) is 0 Å². The van der Waals surface area contributed by atoms with E-state index >= 15 is 0 Å². The first-order valence-corrected chi connectivity index (χ1v) is 10.9. The standard InChI is InChI=1S/C23H25NO5S/c1-16-14-21(15-24(16,23(27)28)22(26)12-13-30-17(2)25)29-20-10-8-19(9-11-20)18-6-4-3-5-7-18/h3-11,16,21H,12-15H2,1-2H3/p+1/t16-,21-,24-/m1/s1. The lowest BCUT2D eigenvalue weighted by molar-refractivity contribution is -0.793. The van der Waals surface area contributed by atoms with Crippen LogP contribution in [0.1, 0.15) is 26.7 Å². The smallest absolute Gasteiger partial charge is 0.484 e. The van der Waals surface area contributed by atoms with Crippen LogP contribution in [0.15, 0.2) is 54.6 Å². The minimum absolute atomic E-state index is 0.0411. The first kappa shape index (κ1) is 22.1. The summed E-state index contributed by atoms with van der Waals surface area (Å²) in [6, 6.07) is 17.3. The summed E-state index contributed by atoms with van der Waals surface area (Å²) in [5.74, 6) is 0.562. The maximum Gasteiger partial charge on any atom is 0.521 e. The van der Waals surface area contributed by atoms with E-state index in [1.54, 1.807) is 6.92 Å². The van der Waals surface area contributed by atoms with Gasteiger partial charge in [0, 0.05) is 19.1 Å². The Labute approximate surface area is 180 Å². The predicted octanol–water partition coefficient (Wildman–Crippen LogP) is 4.58. The zero-order valence-corrected chi connectivity index (χ0v) is 17.9. The largest absolute Gasteiger partial charge is 0.521 e. The van der Waals surface area contributed by atoms with Gasteiger partial charge in [0.1, 0.15) is 18.3 Å². The minimum Gasteiger partial charge on any atom is -0.484 e. The summed E-state index contributed by atoms with van der Waals surface area (Å²) in [4.78, 5) is 36.0. The van der Waals surface area contributed by atoms with Crippen LogP contribution in [0.5, 0.6) is 5.75 Å². The molecule has 1 fully saturated rings. The molecule has 158 valence electrons. The highest BCUT2D eigenvalue weighted by molar-refractivity contribution is 8.13. The summed E-state index contributed by atoms with van der Waals surface area (Å²) in [5.41, 5.74) is 2.17. The van der Waals surface area contributed by atoms with E-state index in [4.69, 9.17) is 4.74 Å². The number of hydrogen-bond donors (Lipinski definition) is 1. The molecule has 1 N–H and O–H groups in total. The molecule has 0 bridgehead atoms. The Morgan fingerprint density at radius 3 is 2.30 bits per heavy atom. The number of quaternary nitrogens is 1. The number of thioether (sulfide) groups is 1. The Hall–Kier alpha value is -2.64. The van der Waals surface area contributed by atoms with E-state index in [1.165, 1.54) is 6.92 Å². The summed E-state index contributed by atoms with van der Waals surface area (Å²) in [7, 11) is 0. The van der Waals surface area contributed by atoms with Crippen molar-refractivity contribution in [3.8, 4) is 16.9 Å². The van der Waals surface area contributed by atoms with Crippen molar-refractivity contribution >= 4 is 28.9 Å². The molecule has 1 aliphatic heterocycles. The van der Waals surface area contributed by atoms with Crippen molar-refractivity contribution in [1.82, 2.24) is 0 Å². The lowest BCUT2D eigenvalue weighted by Crippen LogP contribution is -2.59. The number of imide groups is 1. The zero-order valence-electron chi connectivity index (χ0n) is 17.1. The van der Waals surface area contributed by atoms with E-state index in [1.807, 2.05) is 54.6 Å². The molecule has 0 saturated carbocycles. The maximum atomic E-state index is 12.8. The number of nitrogens with zero attached hydrogens (tertiary/aromatic N) is 1. The minimum atomic E-state index is -1.16. The van der Waals surface area contributed by atoms with Crippen molar-refractivity contribution in [3.05, 3.63) is 54.6 Å². The normalized spacial score (nSPS) is 23.1. The molecule has 0 spiro atoms. The van der Waals surface area contributed by atoms with Gasteiger partial charge in [-0.05, 0) is 30.2 Å². The Morgan fingerprint density at radius 1 is 1.07 bits per heavy atom. The van der Waals surface area contributed by atoms with Gasteiger partial charge in [-0.15, -0.1) is 0 Å². The number of amides is 2. The van der Waals surface area contributed by atoms with Crippen molar-refractivity contribution in [2.45, 2.75) is 38.8 Å². The van der Waals surface area contributed by atoms with E-state index in [0.717, 1.165) is 22.9 Å². The Bertz CT molecular complexity index is 915. The lowest BCUT2D eigenvalue weighted by Gasteiger charge is -2.29. The molecule has 7 heteroatoms. The van der Waals surface area contributed by atoms with Gasteiger partial charge in [-0.3, -0.25) is 4.79 Å². The van der Waals surface area contributed by atoms with Crippen LogP contribution in [0.4, 0.5) is 4.79 Å². The molecule has 6 nitrogen and oxygen atoms in total. The quantitative estimate of drug-likeness (QED) is 0.678. The molecule has 3 rings (SSSR count). The molecule has 2 aromatic rings. The number of ether oxygens (including phenoxy) is 1. The second-order valence-electron chi connectivity index (χ2n) is 7.53. The summed E-state index contributed by atoms with van der Waals surface area (Å²) in [5, 5.41) is 9.80. The lowest BCUT2D eigenvalue weighted by atomic mass is 10.1. The third-order valence-electron chi connectivity index (χ3n) is 5.52. The monoisotopic (exact) mass is 428 g/mol. The fraction of sp³-hybridized carbons (Fsp3) is 0.348. The number of likely N-dealkylation sites (tertiary alicyclic amines) is 1. The van der Waals surface area contributed by atoms with Crippen molar-refractivity contribution in [1.29, 1.82) is 0 Å². The van der Waals surface area contributed by atoms with Crippen LogP contribution in [0.2, 0.25) is 0 Å². The topological polar surface area (TPSA) is 80.7 Å². The van der Waals surface area contributed by atoms with Crippen LogP contribution in [0.25, 0.3) is 11.1 Å². The van der Waals surface area contributed by atoms with Crippen molar-refractivity contribution in [2.75, 3.05) is 12.3 Å². The zero-order chi connectivity index (χ0) is 21.7. The second kappa shape index (κ2) is 9.45. The van der Waals surface area contributed by atoms with Gasteiger partial charge < -0.3 is 9.84 Å². The summed E-state index contributed by atoms with van der Waals surface area (Å²) < 4.78 is 5.40. The third kappa shape index (κ3) is 4.74. The summed E-state index contributed by atoms with van der Waals surface area (Å²) in [6.45, 7) is 3.29. The highest BCUT2D eigenvalue weighted by atomic mass is 32.2. The summed E-state index contributed by atoms with van der Waals surface area (Å²) in [6.07, 6.45) is -1.02. The molecule has 0 aliphatic carbocycles. The second-order valence-corrected chi connectivity index (χ2v) is 8.80. The molecular formula is C23H26NO5S+. The Kier molecular flexibility index (Phi) is 6.95. The number of rotatable bonds is 6. The van der Waals surface area contributed by atoms with Crippen LogP contribution >= 0.6 is 11.8 Å². The number of carboxylic acid groups (broad SMARTS) is 1. The fourth-order valence-corrected chi connectivity index (χ4v) is 4.54. The molecule has 3 atom stereocenters. The highest BCUT2D eigenvalue weighted by Crippen LogP contribution is 2.32. The number of carbonyl (C=O) groups is 3. The van der Waals surface area contributed by atoms with Crippen LogP contribution < -0.4 is 4.74 Å². The highest BCUT2D eigenvalue weighted by Gasteiger charge is 2.56. The predicted molar refractivity (Wildman–Crippen MR) is 116 cm³/mol. The number of carbonyl (C=O) groups excluding carboxylic acids is 2. The Morgan fingerprint density at radius 2 is 1.70 bits per heavy atom. The van der Waals surface area contributed by atoms with Crippen LogP contribution in [0, 0.1) is 0 Å².